The molecule has 0 atom stereocenters. The molecule has 0 aliphatic heterocycles. The third kappa shape index (κ3) is 2.18. The zero-order chi connectivity index (χ0) is 11.6. The van der Waals surface area contributed by atoms with Gasteiger partial charge in [-0.25, -0.2) is 0 Å². The van der Waals surface area contributed by atoms with E-state index in [0.717, 1.165) is 5.69 Å². The van der Waals surface area contributed by atoms with Crippen LogP contribution in [0.25, 0.3) is 0 Å². The highest BCUT2D eigenvalue weighted by Gasteiger charge is 2.32. The molecule has 1 aromatic heterocycles. The molecule has 0 bridgehead atoms. The van der Waals surface area contributed by atoms with Crippen molar-refractivity contribution in [1.29, 1.82) is 0 Å². The number of aromatic nitrogens is 2. The first-order valence-electron chi connectivity index (χ1n) is 5.42. The van der Waals surface area contributed by atoms with Gasteiger partial charge in [0.15, 0.2) is 0 Å². The van der Waals surface area contributed by atoms with Gasteiger partial charge in [-0.3, -0.25) is 4.68 Å². The van der Waals surface area contributed by atoms with E-state index in [4.69, 9.17) is 11.6 Å². The van der Waals surface area contributed by atoms with Crippen molar-refractivity contribution in [2.24, 2.45) is 0 Å². The van der Waals surface area contributed by atoms with E-state index in [0.29, 0.717) is 17.9 Å². The van der Waals surface area contributed by atoms with Gasteiger partial charge in [0.25, 0.3) is 0 Å². The fourth-order valence-electron chi connectivity index (χ4n) is 1.75. The molecule has 0 aliphatic rings. The number of rotatable bonds is 4. The van der Waals surface area contributed by atoms with E-state index in [-0.39, 0.29) is 6.04 Å². The normalized spacial score (nSPS) is 12.5. The van der Waals surface area contributed by atoms with Crippen molar-refractivity contribution >= 4 is 11.6 Å². The Morgan fingerprint density at radius 2 is 2.00 bits per heavy atom. The highest BCUT2D eigenvalue weighted by Crippen LogP contribution is 2.34. The van der Waals surface area contributed by atoms with E-state index in [1.807, 2.05) is 27.7 Å². The molecule has 15 heavy (non-hydrogen) atoms. The number of hydrogen-bond acceptors (Lipinski definition) is 2. The summed E-state index contributed by atoms with van der Waals surface area (Å²) in [6.07, 6.45) is 2.89. The Morgan fingerprint density at radius 3 is 2.40 bits per heavy atom. The van der Waals surface area contributed by atoms with Crippen molar-refractivity contribution in [3.63, 3.8) is 0 Å². The summed E-state index contributed by atoms with van der Waals surface area (Å²) in [6, 6.07) is 0.206. The number of hydrogen-bond donors (Lipinski definition) is 1. The summed E-state index contributed by atoms with van der Waals surface area (Å²) in [7, 11) is 0. The lowest BCUT2D eigenvalue weighted by atomic mass is 9.93. The van der Waals surface area contributed by atoms with Gasteiger partial charge in [0.05, 0.1) is 16.9 Å². The Hall–Kier alpha value is -0.540. The Labute approximate surface area is 96.1 Å². The second kappa shape index (κ2) is 4.54. The third-order valence-electron chi connectivity index (χ3n) is 2.85. The largest absolute Gasteiger partial charge is 0.384 e. The molecule has 3 nitrogen and oxygen atoms in total. The molecule has 1 heterocycles. The molecule has 0 aromatic carbocycles. The summed E-state index contributed by atoms with van der Waals surface area (Å²) in [6.45, 7) is 7.96. The van der Waals surface area contributed by atoms with Crippen LogP contribution in [0.15, 0.2) is 6.20 Å². The minimum Gasteiger partial charge on any atom is -0.384 e. The van der Waals surface area contributed by atoms with Crippen LogP contribution in [0.2, 0.25) is 5.02 Å². The third-order valence-corrected chi connectivity index (χ3v) is 3.13. The first-order chi connectivity index (χ1) is 6.96. The summed E-state index contributed by atoms with van der Waals surface area (Å²) >= 11 is 6.09. The summed E-state index contributed by atoms with van der Waals surface area (Å²) in [5, 5.41) is 15.2. The minimum atomic E-state index is -0.863. The van der Waals surface area contributed by atoms with E-state index >= 15 is 0 Å². The molecular formula is C11H19ClN2O. The summed E-state index contributed by atoms with van der Waals surface area (Å²) in [4.78, 5) is 0. The summed E-state index contributed by atoms with van der Waals surface area (Å²) in [5.74, 6) is 0. The molecule has 0 radical (unpaired) electrons. The van der Waals surface area contributed by atoms with Gasteiger partial charge in [-0.1, -0.05) is 25.4 Å². The zero-order valence-electron chi connectivity index (χ0n) is 9.79. The van der Waals surface area contributed by atoms with Gasteiger partial charge < -0.3 is 5.11 Å². The Balaban J connectivity index is 3.27. The second-order valence-corrected chi connectivity index (χ2v) is 4.53. The predicted octanol–water partition coefficient (Wildman–Crippen LogP) is 3.13. The molecular weight excluding hydrogens is 212 g/mol. The van der Waals surface area contributed by atoms with E-state index in [1.54, 1.807) is 10.9 Å². The van der Waals surface area contributed by atoms with Crippen molar-refractivity contribution in [2.45, 2.75) is 52.2 Å². The lowest BCUT2D eigenvalue weighted by Crippen LogP contribution is -2.28. The quantitative estimate of drug-likeness (QED) is 0.863. The molecule has 0 fully saturated rings. The average molecular weight is 231 g/mol. The van der Waals surface area contributed by atoms with Crippen LogP contribution < -0.4 is 0 Å². The molecule has 4 heteroatoms. The van der Waals surface area contributed by atoms with Gasteiger partial charge in [-0.05, 0) is 26.7 Å². The monoisotopic (exact) mass is 230 g/mol. The second-order valence-electron chi connectivity index (χ2n) is 4.12. The smallest absolute Gasteiger partial charge is 0.107 e. The SMILES string of the molecule is CCC(O)(CC)c1c(Cl)cnn1C(C)C. The number of nitrogens with zero attached hydrogens (tertiary/aromatic N) is 2. The minimum absolute atomic E-state index is 0.206. The topological polar surface area (TPSA) is 38.1 Å². The molecule has 0 saturated heterocycles. The van der Waals surface area contributed by atoms with Crippen LogP contribution in [0, 0.1) is 0 Å². The fraction of sp³-hybridized carbons (Fsp3) is 0.727. The van der Waals surface area contributed by atoms with Gasteiger partial charge >= 0.3 is 0 Å². The van der Waals surface area contributed by atoms with Crippen LogP contribution in [0.1, 0.15) is 52.3 Å². The first kappa shape index (κ1) is 12.5. The van der Waals surface area contributed by atoms with Crippen LogP contribution >= 0.6 is 11.6 Å². The van der Waals surface area contributed by atoms with Gasteiger partial charge in [0, 0.05) is 6.04 Å². The van der Waals surface area contributed by atoms with Crippen molar-refractivity contribution in [3.05, 3.63) is 16.9 Å². The molecule has 0 amide bonds. The fourth-order valence-corrected chi connectivity index (χ4v) is 2.06. The average Bonchev–Trinajstić information content (AvgIpc) is 2.60. The molecule has 0 aliphatic carbocycles. The molecule has 1 N–H and O–H groups in total. The predicted molar refractivity (Wildman–Crippen MR) is 62.1 cm³/mol. The maximum absolute atomic E-state index is 10.5. The lowest BCUT2D eigenvalue weighted by molar-refractivity contribution is 0.0183. The van der Waals surface area contributed by atoms with Crippen molar-refractivity contribution in [1.82, 2.24) is 9.78 Å². The maximum Gasteiger partial charge on any atom is 0.107 e. The molecule has 1 rings (SSSR count). The van der Waals surface area contributed by atoms with Crippen LogP contribution in [0.4, 0.5) is 0 Å². The van der Waals surface area contributed by atoms with E-state index in [2.05, 4.69) is 5.10 Å². The number of aliphatic hydroxyl groups is 1. The molecule has 1 aromatic rings. The zero-order valence-corrected chi connectivity index (χ0v) is 10.5. The van der Waals surface area contributed by atoms with Crippen LogP contribution in [0.3, 0.4) is 0 Å². The number of halogens is 1. The van der Waals surface area contributed by atoms with Gasteiger partial charge in [0.1, 0.15) is 5.60 Å². The summed E-state index contributed by atoms with van der Waals surface area (Å²) < 4.78 is 1.80. The van der Waals surface area contributed by atoms with Gasteiger partial charge in [0.2, 0.25) is 0 Å². The van der Waals surface area contributed by atoms with E-state index in [1.165, 1.54) is 0 Å². The standard InChI is InChI=1S/C11H19ClN2O/c1-5-11(15,6-2)10-9(12)7-13-14(10)8(3)4/h7-8,15H,5-6H2,1-4H3. The van der Waals surface area contributed by atoms with E-state index < -0.39 is 5.60 Å². The Bertz CT molecular complexity index is 329. The van der Waals surface area contributed by atoms with Crippen molar-refractivity contribution in [2.75, 3.05) is 0 Å². The van der Waals surface area contributed by atoms with Gasteiger partial charge in [-0.2, -0.15) is 5.10 Å². The van der Waals surface area contributed by atoms with Crippen LogP contribution in [-0.4, -0.2) is 14.9 Å². The molecule has 86 valence electrons. The van der Waals surface area contributed by atoms with Crippen LogP contribution in [0.5, 0.6) is 0 Å². The molecule has 0 spiro atoms. The van der Waals surface area contributed by atoms with Crippen molar-refractivity contribution < 1.29 is 5.11 Å². The van der Waals surface area contributed by atoms with Gasteiger partial charge in [-0.15, -0.1) is 0 Å². The van der Waals surface area contributed by atoms with Crippen LogP contribution in [-0.2, 0) is 5.60 Å². The molecule has 0 unspecified atom stereocenters. The molecule has 0 saturated carbocycles. The first-order valence-corrected chi connectivity index (χ1v) is 5.80. The Morgan fingerprint density at radius 1 is 1.47 bits per heavy atom. The highest BCUT2D eigenvalue weighted by atomic mass is 35.5. The highest BCUT2D eigenvalue weighted by molar-refractivity contribution is 6.31. The summed E-state index contributed by atoms with van der Waals surface area (Å²) in [5.41, 5.74) is -0.123. The van der Waals surface area contributed by atoms with Crippen molar-refractivity contribution in [3.8, 4) is 0 Å². The Kier molecular flexibility index (Phi) is 3.79. The lowest BCUT2D eigenvalue weighted by Gasteiger charge is -2.27. The van der Waals surface area contributed by atoms with E-state index in [9.17, 15) is 5.11 Å². The maximum atomic E-state index is 10.5.